The Bertz CT molecular complexity index is 653. The Hall–Kier alpha value is -0.640. The molecule has 5 unspecified atom stereocenters. The highest BCUT2D eigenvalue weighted by Gasteiger charge is 2.58. The largest absolute Gasteiger partial charge is 0.394 e. The van der Waals surface area contributed by atoms with E-state index in [0.29, 0.717) is 0 Å². The maximum Gasteiger partial charge on any atom is 0.224 e. The second-order valence-electron chi connectivity index (χ2n) is 8.41. The second-order valence-corrected chi connectivity index (χ2v) is 8.41. The molecular formula is C18H32O16. The van der Waals surface area contributed by atoms with Crippen molar-refractivity contribution in [2.75, 3.05) is 26.4 Å². The Labute approximate surface area is 192 Å². The second kappa shape index (κ2) is 11.2. The minimum Gasteiger partial charge on any atom is -0.394 e. The number of aliphatic hydroxyl groups is 11. The van der Waals surface area contributed by atoms with Crippen LogP contribution in [0.2, 0.25) is 0 Å². The monoisotopic (exact) mass is 504 g/mol. The van der Waals surface area contributed by atoms with Crippen LogP contribution in [-0.2, 0) is 23.7 Å². The molecule has 0 saturated carbocycles. The normalized spacial score (nSPS) is 52.1. The molecule has 3 aliphatic rings. The van der Waals surface area contributed by atoms with Crippen LogP contribution in [0.3, 0.4) is 0 Å². The van der Waals surface area contributed by atoms with Crippen LogP contribution in [0.5, 0.6) is 0 Å². The Balaban J connectivity index is 1.69. The van der Waals surface area contributed by atoms with E-state index >= 15 is 0 Å². The fourth-order valence-electron chi connectivity index (χ4n) is 4.01. The number of aliphatic hydroxyl groups excluding tert-OH is 11. The highest BCUT2D eigenvalue weighted by Crippen LogP contribution is 2.36. The van der Waals surface area contributed by atoms with E-state index in [2.05, 4.69) is 0 Å². The lowest BCUT2D eigenvalue weighted by molar-refractivity contribution is -0.388. The van der Waals surface area contributed by atoms with Crippen LogP contribution in [0.25, 0.3) is 0 Å². The molecule has 200 valence electrons. The van der Waals surface area contributed by atoms with Crippen molar-refractivity contribution < 1.29 is 79.9 Å². The summed E-state index contributed by atoms with van der Waals surface area (Å²) in [4.78, 5) is 0. The van der Waals surface area contributed by atoms with Crippen molar-refractivity contribution in [2.24, 2.45) is 0 Å². The average molecular weight is 504 g/mol. The Morgan fingerprint density at radius 3 is 1.65 bits per heavy atom. The molecule has 3 saturated heterocycles. The summed E-state index contributed by atoms with van der Waals surface area (Å²) in [5, 5.41) is 109. The molecule has 3 rings (SSSR count). The standard InChI is InChI=1S/C18H32O16/c19-1-5-8(22)11(25)13(27)16(31-5)30-3-7-9(23)12(26)14(28)17(32-7)34-18(4-21)15(29)10(24)6(2-20)33-18/h5-17,19-29H,1-4H2/t5?,6-,7?,8+,9-,10+,11-,12-,13?,14?,15?,16+,17+,18+/m1/s1. The first kappa shape index (κ1) is 27.9. The van der Waals surface area contributed by atoms with Gasteiger partial charge in [0.25, 0.3) is 0 Å². The van der Waals surface area contributed by atoms with Gasteiger partial charge in [0.1, 0.15) is 73.8 Å². The number of hydrogen-bond donors (Lipinski definition) is 11. The topological polar surface area (TPSA) is 269 Å². The maximum absolute atomic E-state index is 10.3. The summed E-state index contributed by atoms with van der Waals surface area (Å²) in [6.07, 6.45) is -21.8. The van der Waals surface area contributed by atoms with Crippen molar-refractivity contribution in [2.45, 2.75) is 85.5 Å². The van der Waals surface area contributed by atoms with E-state index in [1.807, 2.05) is 0 Å². The molecule has 0 radical (unpaired) electrons. The molecule has 16 nitrogen and oxygen atoms in total. The van der Waals surface area contributed by atoms with Gasteiger partial charge in [0.05, 0.1) is 19.8 Å². The van der Waals surface area contributed by atoms with Gasteiger partial charge in [-0.15, -0.1) is 0 Å². The molecule has 0 amide bonds. The highest BCUT2D eigenvalue weighted by atomic mass is 16.8. The van der Waals surface area contributed by atoms with Gasteiger partial charge < -0.3 is 79.9 Å². The summed E-state index contributed by atoms with van der Waals surface area (Å²) >= 11 is 0. The molecule has 34 heavy (non-hydrogen) atoms. The van der Waals surface area contributed by atoms with Crippen molar-refractivity contribution >= 4 is 0 Å². The molecule has 0 bridgehead atoms. The summed E-state index contributed by atoms with van der Waals surface area (Å²) < 4.78 is 26.4. The van der Waals surface area contributed by atoms with E-state index in [0.717, 1.165) is 0 Å². The summed E-state index contributed by atoms with van der Waals surface area (Å²) in [5.41, 5.74) is 0. The van der Waals surface area contributed by atoms with Gasteiger partial charge in [-0.1, -0.05) is 0 Å². The number of ether oxygens (including phenoxy) is 5. The van der Waals surface area contributed by atoms with Gasteiger partial charge in [-0.2, -0.15) is 0 Å². The predicted octanol–water partition coefficient (Wildman–Crippen LogP) is -7.57. The van der Waals surface area contributed by atoms with Gasteiger partial charge in [-0.05, 0) is 0 Å². The van der Waals surface area contributed by atoms with Crippen molar-refractivity contribution in [1.82, 2.24) is 0 Å². The first-order chi connectivity index (χ1) is 16.0. The van der Waals surface area contributed by atoms with E-state index in [1.165, 1.54) is 0 Å². The lowest BCUT2D eigenvalue weighted by atomic mass is 9.98. The maximum atomic E-state index is 10.3. The quantitative estimate of drug-likeness (QED) is 0.146. The molecule has 3 heterocycles. The van der Waals surface area contributed by atoms with Crippen molar-refractivity contribution in [3.8, 4) is 0 Å². The first-order valence-corrected chi connectivity index (χ1v) is 10.6. The SMILES string of the molecule is OCC1O[C@H](OCC2O[C@@H](O[C@]3(CO)O[C@H](CO)[C@H](O)C3O)C(O)[C@H](O)[C@@H]2O)C(O)[C@H](O)[C@H]1O. The minimum absolute atomic E-state index is 0.634. The Kier molecular flexibility index (Phi) is 9.18. The lowest BCUT2D eigenvalue weighted by Crippen LogP contribution is -2.63. The Morgan fingerprint density at radius 1 is 0.588 bits per heavy atom. The average Bonchev–Trinajstić information content (AvgIpc) is 3.08. The third-order valence-corrected chi connectivity index (χ3v) is 6.16. The molecule has 0 aromatic rings. The van der Waals surface area contributed by atoms with Crippen LogP contribution in [0.1, 0.15) is 0 Å². The highest BCUT2D eigenvalue weighted by molar-refractivity contribution is 4.98. The number of rotatable bonds is 8. The fraction of sp³-hybridized carbons (Fsp3) is 1.00. The molecule has 0 aromatic heterocycles. The van der Waals surface area contributed by atoms with E-state index in [1.54, 1.807) is 0 Å². The molecule has 11 N–H and O–H groups in total. The van der Waals surface area contributed by atoms with Gasteiger partial charge in [-0.3, -0.25) is 0 Å². The zero-order valence-electron chi connectivity index (χ0n) is 17.8. The predicted molar refractivity (Wildman–Crippen MR) is 101 cm³/mol. The number of hydrogen-bond acceptors (Lipinski definition) is 16. The van der Waals surface area contributed by atoms with Gasteiger partial charge in [0.2, 0.25) is 5.79 Å². The molecule has 0 aromatic carbocycles. The van der Waals surface area contributed by atoms with E-state index < -0.39 is 112 Å². The third-order valence-electron chi connectivity index (χ3n) is 6.16. The van der Waals surface area contributed by atoms with Crippen LogP contribution in [-0.4, -0.2) is 168 Å². The molecule has 3 aliphatic heterocycles. The van der Waals surface area contributed by atoms with Crippen LogP contribution in [0, 0.1) is 0 Å². The van der Waals surface area contributed by atoms with Gasteiger partial charge >= 0.3 is 0 Å². The Morgan fingerprint density at radius 2 is 1.12 bits per heavy atom. The summed E-state index contributed by atoms with van der Waals surface area (Å²) in [6.45, 7) is -3.14. The molecule has 14 atom stereocenters. The van der Waals surface area contributed by atoms with Crippen LogP contribution in [0.15, 0.2) is 0 Å². The molecule has 0 spiro atoms. The molecule has 3 fully saturated rings. The zero-order chi connectivity index (χ0) is 25.4. The van der Waals surface area contributed by atoms with E-state index in [4.69, 9.17) is 23.7 Å². The van der Waals surface area contributed by atoms with Crippen LogP contribution in [0.4, 0.5) is 0 Å². The van der Waals surface area contributed by atoms with E-state index in [-0.39, 0.29) is 0 Å². The lowest BCUT2D eigenvalue weighted by Gasteiger charge is -2.44. The summed E-state index contributed by atoms with van der Waals surface area (Å²) in [6, 6.07) is 0. The fourth-order valence-corrected chi connectivity index (χ4v) is 4.01. The molecule has 16 heteroatoms. The van der Waals surface area contributed by atoms with E-state index in [9.17, 15) is 56.2 Å². The van der Waals surface area contributed by atoms with Crippen LogP contribution >= 0.6 is 0 Å². The summed E-state index contributed by atoms with van der Waals surface area (Å²) in [7, 11) is 0. The minimum atomic E-state index is -2.36. The smallest absolute Gasteiger partial charge is 0.224 e. The van der Waals surface area contributed by atoms with Gasteiger partial charge in [0.15, 0.2) is 12.6 Å². The van der Waals surface area contributed by atoms with Crippen molar-refractivity contribution in [1.29, 1.82) is 0 Å². The summed E-state index contributed by atoms with van der Waals surface area (Å²) in [5.74, 6) is -2.36. The first-order valence-electron chi connectivity index (χ1n) is 10.6. The zero-order valence-corrected chi connectivity index (χ0v) is 17.8. The third kappa shape index (κ3) is 5.09. The van der Waals surface area contributed by atoms with Gasteiger partial charge in [0, 0.05) is 0 Å². The van der Waals surface area contributed by atoms with Gasteiger partial charge in [-0.25, -0.2) is 0 Å². The van der Waals surface area contributed by atoms with Crippen molar-refractivity contribution in [3.05, 3.63) is 0 Å². The van der Waals surface area contributed by atoms with Crippen LogP contribution < -0.4 is 0 Å². The van der Waals surface area contributed by atoms with Crippen molar-refractivity contribution in [3.63, 3.8) is 0 Å². The molecular weight excluding hydrogens is 472 g/mol. The molecule has 0 aliphatic carbocycles.